The molecule has 1 aliphatic carbocycles. The van der Waals surface area contributed by atoms with Crippen LogP contribution in [0.1, 0.15) is 96.0 Å². The molecule has 1 N–H and O–H groups in total. The SMILES string of the molecule is CCCCCCCOC(=O)c1[nH]c2c(c1C)C(=O)C[C@H](c1ccc(OCC)cc1)C2. The van der Waals surface area contributed by atoms with Crippen molar-refractivity contribution in [2.24, 2.45) is 0 Å². The standard InChI is InChI=1S/C25H33NO4/c1-4-6-7-8-9-14-30-25(28)24-17(3)23-21(26-24)15-19(16-22(23)27)18-10-12-20(13-11-18)29-5-2/h10-13,19,26H,4-9,14-16H2,1-3H3/t19-/m1/s1. The van der Waals surface area contributed by atoms with Crippen molar-refractivity contribution in [2.75, 3.05) is 13.2 Å². The van der Waals surface area contributed by atoms with E-state index in [1.807, 2.05) is 38.1 Å². The molecule has 0 radical (unpaired) electrons. The first kappa shape index (κ1) is 22.1. The summed E-state index contributed by atoms with van der Waals surface area (Å²) in [5, 5.41) is 0. The first-order valence-corrected chi connectivity index (χ1v) is 11.2. The molecule has 1 aromatic carbocycles. The van der Waals surface area contributed by atoms with Crippen molar-refractivity contribution in [3.8, 4) is 5.75 Å². The number of ether oxygens (including phenoxy) is 2. The van der Waals surface area contributed by atoms with E-state index >= 15 is 0 Å². The zero-order chi connectivity index (χ0) is 21.5. The normalized spacial score (nSPS) is 15.7. The van der Waals surface area contributed by atoms with Crippen LogP contribution in [-0.2, 0) is 11.2 Å². The molecule has 0 saturated heterocycles. The van der Waals surface area contributed by atoms with Crippen LogP contribution in [0.5, 0.6) is 5.75 Å². The van der Waals surface area contributed by atoms with Crippen LogP contribution in [0.25, 0.3) is 0 Å². The Morgan fingerprint density at radius 3 is 2.50 bits per heavy atom. The highest BCUT2D eigenvalue weighted by Crippen LogP contribution is 2.35. The number of H-pyrrole nitrogens is 1. The number of esters is 1. The number of nitrogens with one attached hydrogen (secondary N) is 1. The molecular weight excluding hydrogens is 378 g/mol. The molecular formula is C25H33NO4. The second-order valence-corrected chi connectivity index (χ2v) is 8.06. The smallest absolute Gasteiger partial charge is 0.355 e. The van der Waals surface area contributed by atoms with E-state index in [0.29, 0.717) is 37.3 Å². The van der Waals surface area contributed by atoms with Crippen LogP contribution < -0.4 is 4.74 Å². The van der Waals surface area contributed by atoms with Crippen molar-refractivity contribution in [2.45, 2.75) is 71.6 Å². The van der Waals surface area contributed by atoms with Crippen molar-refractivity contribution in [1.29, 1.82) is 0 Å². The lowest BCUT2D eigenvalue weighted by Crippen LogP contribution is -2.18. The predicted octanol–water partition coefficient (Wildman–Crippen LogP) is 5.76. The first-order valence-electron chi connectivity index (χ1n) is 11.2. The van der Waals surface area contributed by atoms with Crippen molar-refractivity contribution in [3.05, 3.63) is 52.3 Å². The molecule has 3 rings (SSSR count). The maximum atomic E-state index is 12.9. The largest absolute Gasteiger partial charge is 0.494 e. The van der Waals surface area contributed by atoms with Gasteiger partial charge in [-0.15, -0.1) is 0 Å². The molecule has 5 nitrogen and oxygen atoms in total. The van der Waals surface area contributed by atoms with Gasteiger partial charge in [0, 0.05) is 17.7 Å². The van der Waals surface area contributed by atoms with Gasteiger partial charge in [0.15, 0.2) is 5.78 Å². The molecule has 1 atom stereocenters. The van der Waals surface area contributed by atoms with E-state index in [1.54, 1.807) is 0 Å². The molecule has 0 saturated carbocycles. The third-order valence-electron chi connectivity index (χ3n) is 5.84. The molecule has 1 aliphatic rings. The monoisotopic (exact) mass is 411 g/mol. The molecule has 0 unspecified atom stereocenters. The van der Waals surface area contributed by atoms with Crippen LogP contribution in [0.15, 0.2) is 24.3 Å². The number of hydrogen-bond donors (Lipinski definition) is 1. The van der Waals surface area contributed by atoms with Gasteiger partial charge in [-0.1, -0.05) is 44.7 Å². The van der Waals surface area contributed by atoms with Crippen LogP contribution in [0.2, 0.25) is 0 Å². The molecule has 162 valence electrons. The number of hydrogen-bond acceptors (Lipinski definition) is 4. The Balaban J connectivity index is 1.66. The van der Waals surface area contributed by atoms with E-state index in [1.165, 1.54) is 19.3 Å². The number of rotatable bonds is 10. The summed E-state index contributed by atoms with van der Waals surface area (Å²) >= 11 is 0. The molecule has 2 aromatic rings. The average Bonchev–Trinajstić information content (AvgIpc) is 3.08. The van der Waals surface area contributed by atoms with Crippen LogP contribution in [0.3, 0.4) is 0 Å². The number of unbranched alkanes of at least 4 members (excludes halogenated alkanes) is 4. The minimum absolute atomic E-state index is 0.0856. The number of benzene rings is 1. The first-order chi connectivity index (χ1) is 14.5. The van der Waals surface area contributed by atoms with Crippen LogP contribution in [0.4, 0.5) is 0 Å². The van der Waals surface area contributed by atoms with Crippen molar-refractivity contribution in [3.63, 3.8) is 0 Å². The lowest BCUT2D eigenvalue weighted by molar-refractivity contribution is 0.0490. The lowest BCUT2D eigenvalue weighted by atomic mass is 9.81. The van der Waals surface area contributed by atoms with Gasteiger partial charge in [0.1, 0.15) is 11.4 Å². The third kappa shape index (κ3) is 5.13. The summed E-state index contributed by atoms with van der Waals surface area (Å²) in [6.45, 7) is 7.02. The van der Waals surface area contributed by atoms with Crippen molar-refractivity contribution >= 4 is 11.8 Å². The third-order valence-corrected chi connectivity index (χ3v) is 5.84. The van der Waals surface area contributed by atoms with Gasteiger partial charge in [0.2, 0.25) is 0 Å². The lowest BCUT2D eigenvalue weighted by Gasteiger charge is -2.22. The van der Waals surface area contributed by atoms with Gasteiger partial charge in [-0.2, -0.15) is 0 Å². The second kappa shape index (κ2) is 10.5. The number of aromatic nitrogens is 1. The van der Waals surface area contributed by atoms with Crippen LogP contribution >= 0.6 is 0 Å². The Hall–Kier alpha value is -2.56. The molecule has 0 fully saturated rings. The van der Waals surface area contributed by atoms with E-state index in [0.717, 1.165) is 35.4 Å². The summed E-state index contributed by atoms with van der Waals surface area (Å²) in [5.74, 6) is 0.658. The van der Waals surface area contributed by atoms with E-state index in [2.05, 4.69) is 11.9 Å². The number of ketones is 1. The van der Waals surface area contributed by atoms with Gasteiger partial charge < -0.3 is 14.5 Å². The van der Waals surface area contributed by atoms with Gasteiger partial charge in [-0.25, -0.2) is 4.79 Å². The predicted molar refractivity (Wildman–Crippen MR) is 118 cm³/mol. The number of Topliss-reactive ketones (excluding diaryl/α,β-unsaturated/α-hetero) is 1. The quantitative estimate of drug-likeness (QED) is 0.398. The maximum Gasteiger partial charge on any atom is 0.355 e. The molecule has 30 heavy (non-hydrogen) atoms. The highest BCUT2D eigenvalue weighted by molar-refractivity contribution is 6.03. The Labute approximate surface area is 179 Å². The fourth-order valence-corrected chi connectivity index (χ4v) is 4.22. The molecule has 5 heteroatoms. The fraction of sp³-hybridized carbons (Fsp3) is 0.520. The van der Waals surface area contributed by atoms with Gasteiger partial charge in [0.05, 0.1) is 13.2 Å². The Morgan fingerprint density at radius 2 is 1.80 bits per heavy atom. The average molecular weight is 412 g/mol. The molecule has 0 bridgehead atoms. The highest BCUT2D eigenvalue weighted by Gasteiger charge is 2.32. The molecule has 0 amide bonds. The topological polar surface area (TPSA) is 68.4 Å². The van der Waals surface area contributed by atoms with E-state index in [9.17, 15) is 9.59 Å². The van der Waals surface area contributed by atoms with Gasteiger partial charge in [-0.05, 0) is 55.9 Å². The molecule has 0 spiro atoms. The zero-order valence-corrected chi connectivity index (χ0v) is 18.4. The summed E-state index contributed by atoms with van der Waals surface area (Å²) in [4.78, 5) is 28.6. The van der Waals surface area contributed by atoms with Crippen LogP contribution in [0, 0.1) is 6.92 Å². The fourth-order valence-electron chi connectivity index (χ4n) is 4.22. The Morgan fingerprint density at radius 1 is 1.07 bits per heavy atom. The summed E-state index contributed by atoms with van der Waals surface area (Å²) < 4.78 is 11.0. The van der Waals surface area contributed by atoms with E-state index < -0.39 is 0 Å². The van der Waals surface area contributed by atoms with E-state index in [-0.39, 0.29) is 17.7 Å². The number of carbonyl (C=O) groups excluding carboxylic acids is 2. The van der Waals surface area contributed by atoms with Gasteiger partial charge in [0.25, 0.3) is 0 Å². The van der Waals surface area contributed by atoms with Gasteiger partial charge >= 0.3 is 5.97 Å². The minimum Gasteiger partial charge on any atom is -0.494 e. The molecule has 1 aromatic heterocycles. The summed E-state index contributed by atoms with van der Waals surface area (Å²) in [6, 6.07) is 7.94. The number of fused-ring (bicyclic) bond motifs is 1. The molecule has 0 aliphatic heterocycles. The van der Waals surface area contributed by atoms with Crippen molar-refractivity contribution < 1.29 is 19.1 Å². The molecule has 1 heterocycles. The van der Waals surface area contributed by atoms with Crippen molar-refractivity contribution in [1.82, 2.24) is 4.98 Å². The summed E-state index contributed by atoms with van der Waals surface area (Å²) in [7, 11) is 0. The number of carbonyl (C=O) groups is 2. The highest BCUT2D eigenvalue weighted by atomic mass is 16.5. The summed E-state index contributed by atoms with van der Waals surface area (Å²) in [5.41, 5.74) is 3.77. The van der Waals surface area contributed by atoms with Crippen LogP contribution in [-0.4, -0.2) is 30.0 Å². The second-order valence-electron chi connectivity index (χ2n) is 8.06. The number of aromatic amines is 1. The maximum absolute atomic E-state index is 12.9. The summed E-state index contributed by atoms with van der Waals surface area (Å²) in [6.07, 6.45) is 6.69. The minimum atomic E-state index is -0.359. The van der Waals surface area contributed by atoms with Gasteiger partial charge in [-0.3, -0.25) is 4.79 Å². The van der Waals surface area contributed by atoms with E-state index in [4.69, 9.17) is 9.47 Å². The Bertz CT molecular complexity index is 866. The zero-order valence-electron chi connectivity index (χ0n) is 18.4. The Kier molecular flexibility index (Phi) is 7.72.